The van der Waals surface area contributed by atoms with Crippen LogP contribution in [-0.2, 0) is 0 Å². The molecule has 1 atom stereocenters. The zero-order valence-corrected chi connectivity index (χ0v) is 11.7. The topological polar surface area (TPSA) is 58.6 Å². The van der Waals surface area contributed by atoms with Crippen LogP contribution in [0.25, 0.3) is 0 Å². The molecule has 2 N–H and O–H groups in total. The monoisotopic (exact) mass is 291 g/mol. The molecule has 0 aliphatic rings. The van der Waals surface area contributed by atoms with Gasteiger partial charge in [-0.1, -0.05) is 30.1 Å². The molecule has 1 rings (SSSR count). The van der Waals surface area contributed by atoms with Crippen LogP contribution in [-0.4, -0.2) is 31.3 Å². The fourth-order valence-corrected chi connectivity index (χ4v) is 1.96. The highest BCUT2D eigenvalue weighted by Crippen LogP contribution is 2.33. The number of benzene rings is 1. The van der Waals surface area contributed by atoms with Crippen LogP contribution in [0.2, 0.25) is 10.0 Å². The summed E-state index contributed by atoms with van der Waals surface area (Å²) in [6.07, 6.45) is 0. The number of halogens is 2. The first-order chi connectivity index (χ1) is 8.49. The Balaban J connectivity index is 2.81. The first kappa shape index (κ1) is 15.1. The first-order valence-electron chi connectivity index (χ1n) is 5.41. The maximum Gasteiger partial charge on any atom is 0.251 e. The van der Waals surface area contributed by atoms with Gasteiger partial charge in [0.1, 0.15) is 0 Å². The number of amides is 1. The average Bonchev–Trinajstić information content (AvgIpc) is 2.34. The minimum atomic E-state index is -0.290. The van der Waals surface area contributed by atoms with Crippen LogP contribution < -0.4 is 10.1 Å². The molecule has 1 aromatic carbocycles. The number of hydrogen-bond donors (Lipinski definition) is 2. The van der Waals surface area contributed by atoms with E-state index in [0.29, 0.717) is 17.9 Å². The van der Waals surface area contributed by atoms with Crippen LogP contribution >= 0.6 is 23.2 Å². The summed E-state index contributed by atoms with van der Waals surface area (Å²) in [7, 11) is 1.45. The van der Waals surface area contributed by atoms with Gasteiger partial charge in [-0.15, -0.1) is 0 Å². The molecule has 0 spiro atoms. The molecule has 0 aliphatic carbocycles. The predicted molar refractivity (Wildman–Crippen MR) is 71.6 cm³/mol. The van der Waals surface area contributed by atoms with E-state index in [2.05, 4.69) is 5.32 Å². The Morgan fingerprint density at radius 2 is 2.00 bits per heavy atom. The number of ether oxygens (including phenoxy) is 1. The van der Waals surface area contributed by atoms with Gasteiger partial charge in [-0.05, 0) is 18.1 Å². The lowest BCUT2D eigenvalue weighted by Crippen LogP contribution is -2.29. The zero-order chi connectivity index (χ0) is 13.7. The summed E-state index contributed by atoms with van der Waals surface area (Å²) in [5.74, 6) is 0.0542. The van der Waals surface area contributed by atoms with Crippen molar-refractivity contribution in [1.82, 2.24) is 5.32 Å². The van der Waals surface area contributed by atoms with Crippen molar-refractivity contribution in [3.8, 4) is 5.75 Å². The lowest BCUT2D eigenvalue weighted by molar-refractivity contribution is 0.0942. The van der Waals surface area contributed by atoms with Crippen LogP contribution in [0.4, 0.5) is 0 Å². The summed E-state index contributed by atoms with van der Waals surface area (Å²) in [5, 5.41) is 12.1. The minimum absolute atomic E-state index is 0.00172. The molecule has 0 saturated carbocycles. The van der Waals surface area contributed by atoms with Gasteiger partial charge in [0.2, 0.25) is 0 Å². The van der Waals surface area contributed by atoms with Crippen molar-refractivity contribution in [2.45, 2.75) is 6.92 Å². The van der Waals surface area contributed by atoms with E-state index in [-0.39, 0.29) is 28.5 Å². The molecule has 4 nitrogen and oxygen atoms in total. The molecule has 0 fully saturated rings. The standard InChI is InChI=1S/C12H15Cl2NO3/c1-7(6-16)5-15-12(17)8-3-9(13)11(18-2)10(14)4-8/h3-4,7,16H,5-6H2,1-2H3,(H,15,17). The Hall–Kier alpha value is -0.970. The van der Waals surface area contributed by atoms with E-state index in [0.717, 1.165) is 0 Å². The molecule has 0 heterocycles. The van der Waals surface area contributed by atoms with Gasteiger partial charge in [-0.2, -0.15) is 0 Å². The molecular weight excluding hydrogens is 277 g/mol. The third-order valence-electron chi connectivity index (χ3n) is 2.39. The van der Waals surface area contributed by atoms with E-state index in [1.807, 2.05) is 6.92 Å². The highest BCUT2D eigenvalue weighted by molar-refractivity contribution is 6.37. The normalized spacial score (nSPS) is 12.1. The van der Waals surface area contributed by atoms with E-state index < -0.39 is 0 Å². The molecule has 18 heavy (non-hydrogen) atoms. The molecule has 1 unspecified atom stereocenters. The highest BCUT2D eigenvalue weighted by Gasteiger charge is 2.13. The number of aliphatic hydroxyl groups excluding tert-OH is 1. The van der Waals surface area contributed by atoms with E-state index in [4.69, 9.17) is 33.0 Å². The molecule has 0 aromatic heterocycles. The fraction of sp³-hybridized carbons (Fsp3) is 0.417. The lowest BCUT2D eigenvalue weighted by atomic mass is 10.1. The molecule has 100 valence electrons. The van der Waals surface area contributed by atoms with Gasteiger partial charge in [0, 0.05) is 18.7 Å². The Bertz CT molecular complexity index is 414. The first-order valence-corrected chi connectivity index (χ1v) is 6.17. The number of methoxy groups -OCH3 is 1. The maximum atomic E-state index is 11.8. The van der Waals surface area contributed by atoms with Crippen LogP contribution in [0.3, 0.4) is 0 Å². The lowest BCUT2D eigenvalue weighted by Gasteiger charge is -2.11. The van der Waals surface area contributed by atoms with Gasteiger partial charge in [0.15, 0.2) is 5.75 Å². The van der Waals surface area contributed by atoms with Crippen molar-refractivity contribution in [1.29, 1.82) is 0 Å². The van der Waals surface area contributed by atoms with Crippen molar-refractivity contribution in [3.05, 3.63) is 27.7 Å². The molecular formula is C12H15Cl2NO3. The summed E-state index contributed by atoms with van der Waals surface area (Å²) in [5.41, 5.74) is 0.357. The number of nitrogens with one attached hydrogen (secondary N) is 1. The van der Waals surface area contributed by atoms with E-state index >= 15 is 0 Å². The van der Waals surface area contributed by atoms with Gasteiger partial charge in [0.25, 0.3) is 5.91 Å². The largest absolute Gasteiger partial charge is 0.494 e. The van der Waals surface area contributed by atoms with Crippen molar-refractivity contribution in [2.75, 3.05) is 20.3 Å². The number of rotatable bonds is 5. The van der Waals surface area contributed by atoms with Gasteiger partial charge in [-0.25, -0.2) is 0 Å². The smallest absolute Gasteiger partial charge is 0.251 e. The van der Waals surface area contributed by atoms with Crippen LogP contribution in [0.1, 0.15) is 17.3 Å². The molecule has 1 aromatic rings. The van der Waals surface area contributed by atoms with Crippen LogP contribution in [0.5, 0.6) is 5.75 Å². The second kappa shape index (κ2) is 6.83. The quantitative estimate of drug-likeness (QED) is 0.876. The third kappa shape index (κ3) is 3.77. The summed E-state index contributed by atoms with van der Waals surface area (Å²) >= 11 is 11.9. The summed E-state index contributed by atoms with van der Waals surface area (Å²) < 4.78 is 5.00. The maximum absolute atomic E-state index is 11.8. The summed E-state index contributed by atoms with van der Waals surface area (Å²) in [4.78, 5) is 11.8. The average molecular weight is 292 g/mol. The zero-order valence-electron chi connectivity index (χ0n) is 10.2. The predicted octanol–water partition coefficient (Wildman–Crippen LogP) is 2.36. The van der Waals surface area contributed by atoms with Gasteiger partial charge in [-0.3, -0.25) is 4.79 Å². The SMILES string of the molecule is COc1c(Cl)cc(C(=O)NCC(C)CO)cc1Cl. The molecule has 0 aliphatic heterocycles. The number of aliphatic hydroxyl groups is 1. The molecule has 6 heteroatoms. The molecule has 0 saturated heterocycles. The van der Waals surface area contributed by atoms with Crippen molar-refractivity contribution in [3.63, 3.8) is 0 Å². The van der Waals surface area contributed by atoms with Gasteiger partial charge >= 0.3 is 0 Å². The molecule has 0 radical (unpaired) electrons. The third-order valence-corrected chi connectivity index (χ3v) is 2.95. The number of carbonyl (C=O) groups excluding carboxylic acids is 1. The molecule has 0 bridgehead atoms. The Morgan fingerprint density at radius 1 is 1.44 bits per heavy atom. The van der Waals surface area contributed by atoms with Crippen LogP contribution in [0, 0.1) is 5.92 Å². The number of hydrogen-bond acceptors (Lipinski definition) is 3. The van der Waals surface area contributed by atoms with Crippen molar-refractivity contribution >= 4 is 29.1 Å². The van der Waals surface area contributed by atoms with Crippen molar-refractivity contribution in [2.24, 2.45) is 5.92 Å². The second-order valence-corrected chi connectivity index (χ2v) is 4.79. The fourth-order valence-electron chi connectivity index (χ4n) is 1.32. The Morgan fingerprint density at radius 3 is 2.44 bits per heavy atom. The van der Waals surface area contributed by atoms with E-state index in [1.54, 1.807) is 0 Å². The number of carbonyl (C=O) groups is 1. The van der Waals surface area contributed by atoms with Gasteiger partial charge in [0.05, 0.1) is 17.2 Å². The second-order valence-electron chi connectivity index (χ2n) is 3.97. The molecule has 1 amide bonds. The Labute approximate surface area is 116 Å². The van der Waals surface area contributed by atoms with E-state index in [9.17, 15) is 4.79 Å². The van der Waals surface area contributed by atoms with Crippen LogP contribution in [0.15, 0.2) is 12.1 Å². The summed E-state index contributed by atoms with van der Waals surface area (Å²) in [6, 6.07) is 2.98. The Kier molecular flexibility index (Phi) is 5.72. The van der Waals surface area contributed by atoms with E-state index in [1.165, 1.54) is 19.2 Å². The summed E-state index contributed by atoms with van der Waals surface area (Å²) in [6.45, 7) is 2.23. The van der Waals surface area contributed by atoms with Crippen molar-refractivity contribution < 1.29 is 14.6 Å². The van der Waals surface area contributed by atoms with Gasteiger partial charge < -0.3 is 15.2 Å². The minimum Gasteiger partial charge on any atom is -0.494 e. The highest BCUT2D eigenvalue weighted by atomic mass is 35.5.